The number of methoxy groups -OCH3 is 1. The molecule has 4 nitrogen and oxygen atoms in total. The van der Waals surface area contributed by atoms with Gasteiger partial charge in [-0.25, -0.2) is 17.5 Å². The monoisotopic (exact) mass is 377 g/mol. The molecule has 0 bridgehead atoms. The van der Waals surface area contributed by atoms with E-state index in [4.69, 9.17) is 4.74 Å². The Morgan fingerprint density at radius 3 is 2.23 bits per heavy atom. The fourth-order valence-corrected chi connectivity index (χ4v) is 4.89. The largest absolute Gasteiger partial charge is 0.497 e. The standard InChI is InChI=1S/C20H24FNO3S/c1-25-19-10-6-17(7-11-19)20(12-2-3-13-20)15-22-26(23,24)14-16-4-8-18(21)9-5-16/h4-11,22H,2-3,12-15H2,1H3. The molecule has 0 heterocycles. The maximum Gasteiger partial charge on any atom is 0.215 e. The van der Waals surface area contributed by atoms with E-state index < -0.39 is 10.0 Å². The zero-order valence-corrected chi connectivity index (χ0v) is 15.7. The van der Waals surface area contributed by atoms with Crippen molar-refractivity contribution in [2.45, 2.75) is 36.9 Å². The first-order valence-electron chi connectivity index (χ1n) is 8.79. The molecule has 3 rings (SSSR count). The van der Waals surface area contributed by atoms with Crippen LogP contribution < -0.4 is 9.46 Å². The van der Waals surface area contributed by atoms with E-state index in [0.29, 0.717) is 12.1 Å². The molecule has 0 aromatic heterocycles. The topological polar surface area (TPSA) is 55.4 Å². The van der Waals surface area contributed by atoms with Gasteiger partial charge in [0.1, 0.15) is 11.6 Å². The average Bonchev–Trinajstić information content (AvgIpc) is 3.12. The molecule has 0 atom stereocenters. The van der Waals surface area contributed by atoms with E-state index in [2.05, 4.69) is 4.72 Å². The maximum absolute atomic E-state index is 13.0. The zero-order valence-electron chi connectivity index (χ0n) is 14.9. The fraction of sp³-hybridized carbons (Fsp3) is 0.400. The Labute approximate surface area is 154 Å². The molecule has 0 amide bonds. The highest BCUT2D eigenvalue weighted by Crippen LogP contribution is 2.41. The summed E-state index contributed by atoms with van der Waals surface area (Å²) in [6.07, 6.45) is 4.09. The summed E-state index contributed by atoms with van der Waals surface area (Å²) in [5.41, 5.74) is 1.53. The highest BCUT2D eigenvalue weighted by molar-refractivity contribution is 7.88. The summed E-state index contributed by atoms with van der Waals surface area (Å²) in [4.78, 5) is 0. The number of hydrogen-bond donors (Lipinski definition) is 1. The number of rotatable bonds is 7. The Morgan fingerprint density at radius 2 is 1.65 bits per heavy atom. The van der Waals surface area contributed by atoms with E-state index in [1.54, 1.807) is 7.11 Å². The minimum absolute atomic E-state index is 0.147. The van der Waals surface area contributed by atoms with Gasteiger partial charge in [0.15, 0.2) is 0 Å². The third kappa shape index (κ3) is 4.43. The van der Waals surface area contributed by atoms with E-state index in [1.165, 1.54) is 24.3 Å². The second-order valence-corrected chi connectivity index (χ2v) is 8.73. The summed E-state index contributed by atoms with van der Waals surface area (Å²) in [6.45, 7) is 0.378. The molecule has 140 valence electrons. The Hall–Kier alpha value is -1.92. The molecule has 0 unspecified atom stereocenters. The first-order valence-corrected chi connectivity index (χ1v) is 10.4. The number of hydrogen-bond acceptors (Lipinski definition) is 3. The molecule has 0 saturated heterocycles. The fourth-order valence-electron chi connectivity index (χ4n) is 3.66. The second kappa shape index (κ2) is 7.76. The third-order valence-electron chi connectivity index (χ3n) is 5.16. The maximum atomic E-state index is 13.0. The molecule has 6 heteroatoms. The van der Waals surface area contributed by atoms with Crippen LogP contribution in [0.15, 0.2) is 48.5 Å². The number of sulfonamides is 1. The van der Waals surface area contributed by atoms with Crippen LogP contribution >= 0.6 is 0 Å². The summed E-state index contributed by atoms with van der Waals surface area (Å²) < 4.78 is 46.0. The normalized spacial score (nSPS) is 16.5. The highest BCUT2D eigenvalue weighted by atomic mass is 32.2. The van der Waals surface area contributed by atoms with Crippen molar-refractivity contribution in [1.82, 2.24) is 4.72 Å². The molecule has 0 spiro atoms. The molecule has 2 aromatic rings. The SMILES string of the molecule is COc1ccc(C2(CNS(=O)(=O)Cc3ccc(F)cc3)CCCC2)cc1. The van der Waals surface area contributed by atoms with Gasteiger partial charge in [0, 0.05) is 12.0 Å². The number of benzene rings is 2. The van der Waals surface area contributed by atoms with Crippen molar-refractivity contribution in [1.29, 1.82) is 0 Å². The Balaban J connectivity index is 1.72. The second-order valence-electron chi connectivity index (χ2n) is 6.92. The summed E-state index contributed by atoms with van der Waals surface area (Å²) >= 11 is 0. The predicted octanol–water partition coefficient (Wildman–Crippen LogP) is 3.77. The molecule has 26 heavy (non-hydrogen) atoms. The average molecular weight is 377 g/mol. The van der Waals surface area contributed by atoms with E-state index in [1.807, 2.05) is 24.3 Å². The molecule has 1 saturated carbocycles. The first-order chi connectivity index (χ1) is 12.4. The Bertz CT molecular complexity index is 826. The summed E-state index contributed by atoms with van der Waals surface area (Å²) in [5.74, 6) is 0.272. The van der Waals surface area contributed by atoms with Crippen LogP contribution in [-0.2, 0) is 21.2 Å². The highest BCUT2D eigenvalue weighted by Gasteiger charge is 2.36. The van der Waals surface area contributed by atoms with Gasteiger partial charge in [0.2, 0.25) is 10.0 Å². The lowest BCUT2D eigenvalue weighted by atomic mass is 9.79. The van der Waals surface area contributed by atoms with Gasteiger partial charge in [-0.2, -0.15) is 0 Å². The Kier molecular flexibility index (Phi) is 5.63. The lowest BCUT2D eigenvalue weighted by Gasteiger charge is -2.30. The summed E-state index contributed by atoms with van der Waals surface area (Å²) in [7, 11) is -1.86. The lowest BCUT2D eigenvalue weighted by Crippen LogP contribution is -2.39. The van der Waals surface area contributed by atoms with Gasteiger partial charge in [0.25, 0.3) is 0 Å². The van der Waals surface area contributed by atoms with Gasteiger partial charge in [-0.3, -0.25) is 0 Å². The molecule has 1 aliphatic rings. The van der Waals surface area contributed by atoms with Gasteiger partial charge >= 0.3 is 0 Å². The summed E-state index contributed by atoms with van der Waals surface area (Å²) in [5, 5.41) is 0. The molecule has 1 aliphatic carbocycles. The van der Waals surface area contributed by atoms with Crippen molar-refractivity contribution in [2.75, 3.05) is 13.7 Å². The number of ether oxygens (including phenoxy) is 1. The van der Waals surface area contributed by atoms with Crippen molar-refractivity contribution < 1.29 is 17.5 Å². The van der Waals surface area contributed by atoms with Crippen molar-refractivity contribution in [2.24, 2.45) is 0 Å². The molecule has 0 aliphatic heterocycles. The smallest absolute Gasteiger partial charge is 0.215 e. The van der Waals surface area contributed by atoms with Crippen molar-refractivity contribution >= 4 is 10.0 Å². The van der Waals surface area contributed by atoms with Gasteiger partial charge in [-0.1, -0.05) is 37.1 Å². The summed E-state index contributed by atoms with van der Waals surface area (Å²) in [6, 6.07) is 13.5. The number of halogens is 1. The number of nitrogens with one attached hydrogen (secondary N) is 1. The molecule has 1 N–H and O–H groups in total. The molecule has 2 aromatic carbocycles. The molecular formula is C20H24FNO3S. The van der Waals surface area contributed by atoms with Gasteiger partial charge in [0.05, 0.1) is 12.9 Å². The zero-order chi connectivity index (χ0) is 18.6. The van der Waals surface area contributed by atoms with Crippen molar-refractivity contribution in [3.8, 4) is 5.75 Å². The minimum atomic E-state index is -3.49. The van der Waals surface area contributed by atoms with E-state index in [0.717, 1.165) is 37.0 Å². The van der Waals surface area contributed by atoms with Crippen LogP contribution in [0.5, 0.6) is 5.75 Å². The van der Waals surface area contributed by atoms with Crippen molar-refractivity contribution in [3.05, 3.63) is 65.5 Å². The van der Waals surface area contributed by atoms with E-state index in [9.17, 15) is 12.8 Å². The first kappa shape index (κ1) is 18.9. The quantitative estimate of drug-likeness (QED) is 0.799. The molecular weight excluding hydrogens is 353 g/mol. The lowest BCUT2D eigenvalue weighted by molar-refractivity contribution is 0.410. The molecule has 1 fully saturated rings. The van der Waals surface area contributed by atoms with Crippen LogP contribution in [0, 0.1) is 5.82 Å². The minimum Gasteiger partial charge on any atom is -0.497 e. The van der Waals surface area contributed by atoms with Gasteiger partial charge in [-0.05, 0) is 48.2 Å². The van der Waals surface area contributed by atoms with Gasteiger partial charge < -0.3 is 4.74 Å². The third-order valence-corrected chi connectivity index (χ3v) is 6.46. The van der Waals surface area contributed by atoms with E-state index in [-0.39, 0.29) is 17.0 Å². The van der Waals surface area contributed by atoms with Crippen LogP contribution in [0.4, 0.5) is 4.39 Å². The Morgan fingerprint density at radius 1 is 1.04 bits per heavy atom. The van der Waals surface area contributed by atoms with E-state index >= 15 is 0 Å². The molecule has 0 radical (unpaired) electrons. The van der Waals surface area contributed by atoms with Crippen LogP contribution in [0.3, 0.4) is 0 Å². The van der Waals surface area contributed by atoms with Gasteiger partial charge in [-0.15, -0.1) is 0 Å². The van der Waals surface area contributed by atoms with Crippen LogP contribution in [0.1, 0.15) is 36.8 Å². The van der Waals surface area contributed by atoms with Crippen molar-refractivity contribution in [3.63, 3.8) is 0 Å². The van der Waals surface area contributed by atoms with Crippen LogP contribution in [0.2, 0.25) is 0 Å². The van der Waals surface area contributed by atoms with Crippen LogP contribution in [0.25, 0.3) is 0 Å². The predicted molar refractivity (Wildman–Crippen MR) is 100 cm³/mol. The van der Waals surface area contributed by atoms with Crippen LogP contribution in [-0.4, -0.2) is 22.1 Å².